The molecule has 0 aliphatic carbocycles. The highest BCUT2D eigenvalue weighted by atomic mass is 19.4. The van der Waals surface area contributed by atoms with Crippen molar-refractivity contribution in [2.45, 2.75) is 33.4 Å². The largest absolute Gasteiger partial charge is 0.451 e. The Balaban J connectivity index is 0.00000117. The summed E-state index contributed by atoms with van der Waals surface area (Å²) in [6.07, 6.45) is -1.41. The monoisotopic (exact) mass is 406 g/mol. The van der Waals surface area contributed by atoms with Crippen LogP contribution in [0.25, 0.3) is 17.2 Å². The fraction of sp³-hybridized carbons (Fsp3) is 0.263. The molecule has 1 N–H and O–H groups in total. The number of alkyl halides is 3. The third-order valence-electron chi connectivity index (χ3n) is 4.05. The quantitative estimate of drug-likeness (QED) is 0.505. The molecule has 0 saturated carbocycles. The molecular formula is C19H18F4N6. The minimum atomic E-state index is -4.64. The normalized spacial score (nSPS) is 11.4. The van der Waals surface area contributed by atoms with Crippen LogP contribution < -0.4 is 0 Å². The molecule has 0 aliphatic heterocycles. The zero-order valence-corrected chi connectivity index (χ0v) is 15.9. The molecule has 0 saturated heterocycles. The van der Waals surface area contributed by atoms with E-state index in [1.54, 1.807) is 35.7 Å². The number of aromatic amines is 1. The van der Waals surface area contributed by atoms with Crippen molar-refractivity contribution >= 4 is 5.65 Å². The standard InChI is InChI=1S/C17H12F4N6.C2H6/c1-9-7-22-15-12(6-10-4-2-3-5-11(10)18)23-13(8-27(9)15)14-24-16(26-25-14)17(19,20)21;1-2/h2-5,7-8H,6H2,1H3,(H,24,25,26);1-2H3. The summed E-state index contributed by atoms with van der Waals surface area (Å²) in [5, 5.41) is 5.48. The second-order valence-electron chi connectivity index (χ2n) is 5.94. The maximum atomic E-state index is 14.0. The average Bonchev–Trinajstić information content (AvgIpc) is 3.33. The Bertz CT molecular complexity index is 1130. The summed E-state index contributed by atoms with van der Waals surface area (Å²) < 4.78 is 54.1. The van der Waals surface area contributed by atoms with Crippen LogP contribution in [0.3, 0.4) is 0 Å². The zero-order chi connectivity index (χ0) is 21.2. The summed E-state index contributed by atoms with van der Waals surface area (Å²) in [7, 11) is 0. The maximum absolute atomic E-state index is 14.0. The van der Waals surface area contributed by atoms with Crippen LogP contribution in [0.1, 0.15) is 36.6 Å². The minimum Gasteiger partial charge on any atom is -0.301 e. The van der Waals surface area contributed by atoms with Gasteiger partial charge in [0.05, 0.1) is 5.69 Å². The number of rotatable bonds is 3. The van der Waals surface area contributed by atoms with Crippen LogP contribution in [0.2, 0.25) is 0 Å². The third kappa shape index (κ3) is 4.10. The molecule has 0 spiro atoms. The van der Waals surface area contributed by atoms with Gasteiger partial charge in [-0.25, -0.2) is 19.3 Å². The summed E-state index contributed by atoms with van der Waals surface area (Å²) in [5.41, 5.74) is 2.17. The van der Waals surface area contributed by atoms with Crippen LogP contribution >= 0.6 is 0 Å². The molecule has 3 aromatic heterocycles. The van der Waals surface area contributed by atoms with Crippen molar-refractivity contribution in [3.8, 4) is 11.5 Å². The fourth-order valence-electron chi connectivity index (χ4n) is 2.72. The molecule has 29 heavy (non-hydrogen) atoms. The van der Waals surface area contributed by atoms with Gasteiger partial charge in [-0.3, -0.25) is 5.10 Å². The number of aromatic nitrogens is 6. The van der Waals surface area contributed by atoms with Crippen LogP contribution in [-0.2, 0) is 12.6 Å². The predicted octanol–water partition coefficient (Wildman–Crippen LogP) is 4.60. The topological polar surface area (TPSA) is 71.8 Å². The van der Waals surface area contributed by atoms with Crippen LogP contribution in [0.4, 0.5) is 17.6 Å². The van der Waals surface area contributed by atoms with E-state index in [-0.39, 0.29) is 17.9 Å². The van der Waals surface area contributed by atoms with Gasteiger partial charge in [0.2, 0.25) is 11.6 Å². The molecule has 6 nitrogen and oxygen atoms in total. The first-order valence-electron chi connectivity index (χ1n) is 8.90. The van der Waals surface area contributed by atoms with E-state index in [4.69, 9.17) is 0 Å². The second kappa shape index (κ2) is 7.98. The summed E-state index contributed by atoms with van der Waals surface area (Å²) in [6, 6.07) is 6.22. The summed E-state index contributed by atoms with van der Waals surface area (Å²) in [4.78, 5) is 12.1. The van der Waals surface area contributed by atoms with Crippen molar-refractivity contribution in [1.29, 1.82) is 0 Å². The number of H-pyrrole nitrogens is 1. The summed E-state index contributed by atoms with van der Waals surface area (Å²) in [5.74, 6) is -1.81. The highest BCUT2D eigenvalue weighted by molar-refractivity contribution is 5.56. The summed E-state index contributed by atoms with van der Waals surface area (Å²) in [6.45, 7) is 5.79. The SMILES string of the molecule is CC.Cc1cnc2c(Cc3ccccc3F)nc(-c3n[nH]c(C(F)(F)F)n3)cn12. The van der Waals surface area contributed by atoms with E-state index < -0.39 is 17.8 Å². The van der Waals surface area contributed by atoms with Gasteiger partial charge in [-0.1, -0.05) is 32.0 Å². The van der Waals surface area contributed by atoms with E-state index in [0.717, 1.165) is 5.69 Å². The minimum absolute atomic E-state index is 0.122. The number of imidazole rings is 1. The van der Waals surface area contributed by atoms with Gasteiger partial charge in [0.25, 0.3) is 0 Å². The Morgan fingerprint density at radius 1 is 1.10 bits per heavy atom. The van der Waals surface area contributed by atoms with E-state index in [9.17, 15) is 17.6 Å². The van der Waals surface area contributed by atoms with Crippen molar-refractivity contribution < 1.29 is 17.6 Å². The lowest BCUT2D eigenvalue weighted by atomic mass is 10.1. The molecule has 0 fully saturated rings. The van der Waals surface area contributed by atoms with Gasteiger partial charge in [0.1, 0.15) is 11.5 Å². The fourth-order valence-corrected chi connectivity index (χ4v) is 2.72. The lowest BCUT2D eigenvalue weighted by Crippen LogP contribution is -2.07. The van der Waals surface area contributed by atoms with Gasteiger partial charge in [0.15, 0.2) is 5.65 Å². The van der Waals surface area contributed by atoms with Gasteiger partial charge >= 0.3 is 6.18 Å². The molecule has 0 amide bonds. The van der Waals surface area contributed by atoms with Crippen molar-refractivity contribution in [1.82, 2.24) is 29.5 Å². The van der Waals surface area contributed by atoms with Gasteiger partial charge in [-0.05, 0) is 18.6 Å². The molecule has 152 valence electrons. The lowest BCUT2D eigenvalue weighted by Gasteiger charge is -2.07. The predicted molar refractivity (Wildman–Crippen MR) is 98.7 cm³/mol. The van der Waals surface area contributed by atoms with Crippen molar-refractivity contribution in [3.63, 3.8) is 0 Å². The molecule has 4 rings (SSSR count). The molecule has 10 heteroatoms. The number of halogens is 4. The Kier molecular flexibility index (Phi) is 5.62. The number of benzene rings is 1. The second-order valence-corrected chi connectivity index (χ2v) is 5.94. The number of nitrogens with zero attached hydrogens (tertiary/aromatic N) is 5. The first kappa shape index (κ1) is 20.4. The van der Waals surface area contributed by atoms with Gasteiger partial charge < -0.3 is 4.40 Å². The molecular weight excluding hydrogens is 388 g/mol. The third-order valence-corrected chi connectivity index (χ3v) is 4.05. The number of fused-ring (bicyclic) bond motifs is 1. The number of nitrogens with one attached hydrogen (secondary N) is 1. The zero-order valence-electron chi connectivity index (χ0n) is 15.9. The Hall–Kier alpha value is -3.30. The molecule has 0 radical (unpaired) electrons. The lowest BCUT2D eigenvalue weighted by molar-refractivity contribution is -0.144. The molecule has 0 aliphatic rings. The van der Waals surface area contributed by atoms with E-state index in [2.05, 4.69) is 20.1 Å². The molecule has 0 atom stereocenters. The Morgan fingerprint density at radius 2 is 1.83 bits per heavy atom. The Labute approximate surface area is 163 Å². The van der Waals surface area contributed by atoms with Gasteiger partial charge in [0, 0.05) is 24.5 Å². The molecule has 1 aromatic carbocycles. The van der Waals surface area contributed by atoms with E-state index in [1.807, 2.05) is 18.9 Å². The van der Waals surface area contributed by atoms with Crippen LogP contribution in [0.5, 0.6) is 0 Å². The van der Waals surface area contributed by atoms with Crippen LogP contribution in [0.15, 0.2) is 36.7 Å². The first-order valence-corrected chi connectivity index (χ1v) is 8.90. The van der Waals surface area contributed by atoms with Gasteiger partial charge in [-0.15, -0.1) is 0 Å². The van der Waals surface area contributed by atoms with Gasteiger partial charge in [-0.2, -0.15) is 18.3 Å². The smallest absolute Gasteiger partial charge is 0.301 e. The molecule has 4 aromatic rings. The molecule has 0 bridgehead atoms. The van der Waals surface area contributed by atoms with Crippen LogP contribution in [-0.4, -0.2) is 29.5 Å². The molecule has 3 heterocycles. The van der Waals surface area contributed by atoms with E-state index in [1.165, 1.54) is 12.3 Å². The Morgan fingerprint density at radius 3 is 2.48 bits per heavy atom. The van der Waals surface area contributed by atoms with E-state index >= 15 is 0 Å². The summed E-state index contributed by atoms with van der Waals surface area (Å²) >= 11 is 0. The highest BCUT2D eigenvalue weighted by Gasteiger charge is 2.35. The number of hydrogen-bond acceptors (Lipinski definition) is 4. The van der Waals surface area contributed by atoms with Crippen molar-refractivity contribution in [3.05, 3.63) is 65.3 Å². The maximum Gasteiger partial charge on any atom is 0.451 e. The highest BCUT2D eigenvalue weighted by Crippen LogP contribution is 2.28. The average molecular weight is 406 g/mol. The first-order chi connectivity index (χ1) is 13.8. The number of hydrogen-bond donors (Lipinski definition) is 1. The van der Waals surface area contributed by atoms with Crippen LogP contribution in [0, 0.1) is 12.7 Å². The van der Waals surface area contributed by atoms with Crippen molar-refractivity contribution in [2.24, 2.45) is 0 Å². The number of aryl methyl sites for hydroxylation is 1. The van der Waals surface area contributed by atoms with Crippen molar-refractivity contribution in [2.75, 3.05) is 0 Å². The van der Waals surface area contributed by atoms with E-state index in [0.29, 0.717) is 16.9 Å². The molecule has 0 unspecified atom stereocenters.